The number of nitriles is 1. The maximum Gasteiger partial charge on any atom is 0.128 e. The minimum atomic E-state index is -1.34. The Morgan fingerprint density at radius 1 is 1.21 bits per heavy atom. The number of anilines is 1. The van der Waals surface area contributed by atoms with Crippen LogP contribution < -0.4 is 5.73 Å². The smallest absolute Gasteiger partial charge is 0.128 e. The van der Waals surface area contributed by atoms with Crippen molar-refractivity contribution in [3.05, 3.63) is 59.4 Å². The van der Waals surface area contributed by atoms with E-state index >= 15 is 0 Å². The zero-order valence-corrected chi connectivity index (χ0v) is 10.8. The number of nitrogen functional groups attached to an aromatic ring is 1. The van der Waals surface area contributed by atoms with E-state index in [1.807, 2.05) is 6.07 Å². The summed E-state index contributed by atoms with van der Waals surface area (Å²) in [6.45, 7) is 0. The minimum Gasteiger partial charge on any atom is -0.399 e. The summed E-state index contributed by atoms with van der Waals surface area (Å²) < 4.78 is 25.7. The first-order chi connectivity index (χ1) is 9.10. The van der Waals surface area contributed by atoms with Gasteiger partial charge in [-0.1, -0.05) is 6.07 Å². The molecule has 0 amide bonds. The third-order valence-electron chi connectivity index (χ3n) is 2.61. The first-order valence-electron chi connectivity index (χ1n) is 5.52. The second-order valence-corrected chi connectivity index (χ2v) is 5.43. The quantitative estimate of drug-likeness (QED) is 0.875. The fraction of sp³-hybridized carbons (Fsp3) is 0.0714. The molecule has 0 saturated heterocycles. The van der Waals surface area contributed by atoms with Crippen molar-refractivity contribution in [1.82, 2.24) is 0 Å². The maximum absolute atomic E-state index is 13.7. The summed E-state index contributed by atoms with van der Waals surface area (Å²) in [7, 11) is -1.34. The summed E-state index contributed by atoms with van der Waals surface area (Å²) in [6.07, 6.45) is 0. The fourth-order valence-corrected chi connectivity index (χ4v) is 2.70. The van der Waals surface area contributed by atoms with Crippen LogP contribution in [0, 0.1) is 17.1 Å². The molecule has 2 aromatic carbocycles. The molecule has 1 atom stereocenters. The van der Waals surface area contributed by atoms with Crippen LogP contribution in [0.5, 0.6) is 0 Å². The molecule has 0 spiro atoms. The van der Waals surface area contributed by atoms with Gasteiger partial charge in [0.05, 0.1) is 28.2 Å². The largest absolute Gasteiger partial charge is 0.399 e. The Kier molecular flexibility index (Phi) is 3.93. The Morgan fingerprint density at radius 3 is 2.47 bits per heavy atom. The van der Waals surface area contributed by atoms with Crippen molar-refractivity contribution in [3.8, 4) is 6.07 Å². The van der Waals surface area contributed by atoms with Gasteiger partial charge in [-0.25, -0.2) is 4.39 Å². The van der Waals surface area contributed by atoms with Crippen LogP contribution in [-0.4, -0.2) is 4.21 Å². The highest BCUT2D eigenvalue weighted by molar-refractivity contribution is 7.84. The first kappa shape index (κ1) is 13.2. The Bertz CT molecular complexity index is 662. The molecule has 0 bridgehead atoms. The number of hydrogen-bond donors (Lipinski definition) is 1. The molecule has 0 radical (unpaired) electrons. The second-order valence-electron chi connectivity index (χ2n) is 3.98. The van der Waals surface area contributed by atoms with Crippen molar-refractivity contribution in [3.63, 3.8) is 0 Å². The maximum atomic E-state index is 13.7. The zero-order chi connectivity index (χ0) is 13.8. The predicted octanol–water partition coefficient (Wildman–Crippen LogP) is 2.59. The molecule has 0 aliphatic heterocycles. The number of halogens is 1. The van der Waals surface area contributed by atoms with Crippen molar-refractivity contribution in [2.75, 3.05) is 5.73 Å². The molecule has 1 unspecified atom stereocenters. The molecular weight excluding hydrogens is 263 g/mol. The molecule has 2 N–H and O–H groups in total. The molecule has 19 heavy (non-hydrogen) atoms. The van der Waals surface area contributed by atoms with Gasteiger partial charge in [0.15, 0.2) is 0 Å². The van der Waals surface area contributed by atoms with Crippen LogP contribution in [0.1, 0.15) is 11.1 Å². The summed E-state index contributed by atoms with van der Waals surface area (Å²) in [6, 6.07) is 12.6. The van der Waals surface area contributed by atoms with Crippen molar-refractivity contribution in [2.24, 2.45) is 0 Å². The van der Waals surface area contributed by atoms with E-state index in [0.717, 1.165) is 6.07 Å². The summed E-state index contributed by atoms with van der Waals surface area (Å²) in [5.74, 6) is -0.440. The standard InChI is InChI=1S/C14H11FN2OS/c15-14-7-10(8-16)1-2-11(14)9-19(18)13-5-3-12(17)4-6-13/h1-7H,9,17H2. The molecule has 2 rings (SSSR count). The van der Waals surface area contributed by atoms with Gasteiger partial charge in [0.1, 0.15) is 5.82 Å². The summed E-state index contributed by atoms with van der Waals surface area (Å²) in [5, 5.41) is 8.65. The van der Waals surface area contributed by atoms with E-state index in [0.29, 0.717) is 16.1 Å². The number of benzene rings is 2. The Labute approximate surface area is 112 Å². The number of nitrogens with zero attached hydrogens (tertiary/aromatic N) is 1. The molecule has 0 fully saturated rings. The van der Waals surface area contributed by atoms with E-state index in [2.05, 4.69) is 0 Å². The molecule has 3 nitrogen and oxygen atoms in total. The minimum absolute atomic E-state index is 0.0709. The number of hydrogen-bond acceptors (Lipinski definition) is 3. The topological polar surface area (TPSA) is 66.9 Å². The van der Waals surface area contributed by atoms with Gasteiger partial charge in [0.25, 0.3) is 0 Å². The van der Waals surface area contributed by atoms with Crippen LogP contribution in [-0.2, 0) is 16.6 Å². The van der Waals surface area contributed by atoms with Gasteiger partial charge in [0, 0.05) is 16.1 Å². The molecule has 0 saturated carbocycles. The number of rotatable bonds is 3. The zero-order valence-electron chi connectivity index (χ0n) is 9.97. The lowest BCUT2D eigenvalue weighted by atomic mass is 10.1. The summed E-state index contributed by atoms with van der Waals surface area (Å²) in [5.41, 5.74) is 6.71. The molecule has 0 aromatic heterocycles. The average Bonchev–Trinajstić information content (AvgIpc) is 2.41. The Hall–Kier alpha value is -2.19. The van der Waals surface area contributed by atoms with E-state index < -0.39 is 16.6 Å². The lowest BCUT2D eigenvalue weighted by Crippen LogP contribution is -1.99. The highest BCUT2D eigenvalue weighted by Gasteiger charge is 2.09. The van der Waals surface area contributed by atoms with Gasteiger partial charge >= 0.3 is 0 Å². The molecule has 0 aliphatic rings. The first-order valence-corrected chi connectivity index (χ1v) is 6.84. The van der Waals surface area contributed by atoms with E-state index in [1.54, 1.807) is 24.3 Å². The molecule has 2 aromatic rings. The van der Waals surface area contributed by atoms with Gasteiger partial charge in [-0.15, -0.1) is 0 Å². The third-order valence-corrected chi connectivity index (χ3v) is 3.98. The van der Waals surface area contributed by atoms with Gasteiger partial charge in [-0.05, 0) is 36.4 Å². The third kappa shape index (κ3) is 3.18. The highest BCUT2D eigenvalue weighted by Crippen LogP contribution is 2.17. The van der Waals surface area contributed by atoms with Gasteiger partial charge < -0.3 is 5.73 Å². The Balaban J connectivity index is 2.20. The van der Waals surface area contributed by atoms with Crippen LogP contribution >= 0.6 is 0 Å². The highest BCUT2D eigenvalue weighted by atomic mass is 32.2. The monoisotopic (exact) mass is 274 g/mol. The number of nitrogens with two attached hydrogens (primary N) is 1. The molecule has 0 aliphatic carbocycles. The average molecular weight is 274 g/mol. The van der Waals surface area contributed by atoms with Gasteiger partial charge in [0.2, 0.25) is 0 Å². The SMILES string of the molecule is N#Cc1ccc(CS(=O)c2ccc(N)cc2)c(F)c1. The van der Waals surface area contributed by atoms with Crippen molar-refractivity contribution >= 4 is 16.5 Å². The van der Waals surface area contributed by atoms with Crippen molar-refractivity contribution in [2.45, 2.75) is 10.6 Å². The van der Waals surface area contributed by atoms with Crippen molar-refractivity contribution in [1.29, 1.82) is 5.26 Å². The molecule has 0 heterocycles. The normalized spacial score (nSPS) is 11.8. The molecule has 5 heteroatoms. The predicted molar refractivity (Wildman–Crippen MR) is 72.1 cm³/mol. The van der Waals surface area contributed by atoms with E-state index in [4.69, 9.17) is 11.0 Å². The van der Waals surface area contributed by atoms with E-state index in [-0.39, 0.29) is 11.3 Å². The van der Waals surface area contributed by atoms with Crippen LogP contribution in [0.3, 0.4) is 0 Å². The molecule has 96 valence electrons. The second kappa shape index (κ2) is 5.63. The van der Waals surface area contributed by atoms with Gasteiger partial charge in [-0.2, -0.15) is 5.26 Å². The van der Waals surface area contributed by atoms with Crippen LogP contribution in [0.15, 0.2) is 47.4 Å². The fourth-order valence-electron chi connectivity index (χ4n) is 1.58. The Morgan fingerprint density at radius 2 is 1.89 bits per heavy atom. The van der Waals surface area contributed by atoms with Crippen LogP contribution in [0.25, 0.3) is 0 Å². The molecular formula is C14H11FN2OS. The lowest BCUT2D eigenvalue weighted by Gasteiger charge is -2.05. The van der Waals surface area contributed by atoms with Crippen LogP contribution in [0.2, 0.25) is 0 Å². The van der Waals surface area contributed by atoms with E-state index in [1.165, 1.54) is 12.1 Å². The van der Waals surface area contributed by atoms with Gasteiger partial charge in [-0.3, -0.25) is 4.21 Å². The van der Waals surface area contributed by atoms with E-state index in [9.17, 15) is 8.60 Å². The summed E-state index contributed by atoms with van der Waals surface area (Å²) >= 11 is 0. The lowest BCUT2D eigenvalue weighted by molar-refractivity contribution is 0.614. The van der Waals surface area contributed by atoms with Crippen molar-refractivity contribution < 1.29 is 8.60 Å². The summed E-state index contributed by atoms with van der Waals surface area (Å²) in [4.78, 5) is 0.595. The van der Waals surface area contributed by atoms with Crippen LogP contribution in [0.4, 0.5) is 10.1 Å².